The average Bonchev–Trinajstić information content (AvgIpc) is 3.56. The highest BCUT2D eigenvalue weighted by atomic mass is 16.5. The van der Waals surface area contributed by atoms with Gasteiger partial charge in [0.2, 0.25) is 5.89 Å². The molecule has 0 bridgehead atoms. The first kappa shape index (κ1) is 31.0. The Morgan fingerprint density at radius 2 is 1.76 bits per heavy atom. The number of unbranched alkanes of at least 4 members (excludes halogenated alkanes) is 3. The second kappa shape index (κ2) is 16.5. The summed E-state index contributed by atoms with van der Waals surface area (Å²) in [5.74, 6) is 0.978. The van der Waals surface area contributed by atoms with E-state index in [0.29, 0.717) is 43.1 Å². The van der Waals surface area contributed by atoms with Gasteiger partial charge in [-0.05, 0) is 66.3 Å². The number of aryl methyl sites for hydroxylation is 1. The molecule has 3 N–H and O–H groups in total. The molecule has 1 heterocycles. The molecule has 4 aromatic rings. The van der Waals surface area contributed by atoms with E-state index < -0.39 is 12.1 Å². The number of benzene rings is 3. The van der Waals surface area contributed by atoms with E-state index in [2.05, 4.69) is 53.7 Å². The molecule has 7 heteroatoms. The van der Waals surface area contributed by atoms with Crippen molar-refractivity contribution in [1.82, 2.24) is 15.6 Å². The van der Waals surface area contributed by atoms with Gasteiger partial charge in [0.25, 0.3) is 5.91 Å². The Balaban J connectivity index is 1.44. The van der Waals surface area contributed by atoms with Gasteiger partial charge in [-0.1, -0.05) is 75.6 Å². The molecule has 2 atom stereocenters. The number of carbonyl (C=O) groups is 1. The number of hydrogen-bond donors (Lipinski definition) is 3. The minimum absolute atomic E-state index is 0.272. The van der Waals surface area contributed by atoms with Crippen LogP contribution in [-0.4, -0.2) is 41.3 Å². The fourth-order valence-electron chi connectivity index (χ4n) is 4.90. The summed E-state index contributed by atoms with van der Waals surface area (Å²) >= 11 is 0. The van der Waals surface area contributed by atoms with E-state index in [1.165, 1.54) is 24.7 Å². The van der Waals surface area contributed by atoms with E-state index in [-0.39, 0.29) is 5.91 Å². The van der Waals surface area contributed by atoms with Crippen LogP contribution >= 0.6 is 0 Å². The van der Waals surface area contributed by atoms with Crippen LogP contribution in [-0.2, 0) is 19.4 Å². The lowest BCUT2D eigenvalue weighted by molar-refractivity contribution is 0.0830. The third-order valence-electron chi connectivity index (χ3n) is 7.29. The first-order chi connectivity index (χ1) is 20.6. The monoisotopic (exact) mass is 569 g/mol. The lowest BCUT2D eigenvalue weighted by Gasteiger charge is -2.25. The Kier molecular flexibility index (Phi) is 12.2. The van der Waals surface area contributed by atoms with Crippen LogP contribution in [0.2, 0.25) is 0 Å². The van der Waals surface area contributed by atoms with Crippen molar-refractivity contribution in [1.29, 1.82) is 0 Å². The van der Waals surface area contributed by atoms with Gasteiger partial charge in [-0.15, -0.1) is 0 Å². The lowest BCUT2D eigenvalue weighted by Crippen LogP contribution is -2.48. The number of aliphatic hydroxyl groups excluding tert-OH is 1. The second-order valence-corrected chi connectivity index (χ2v) is 10.6. The molecule has 1 aromatic heterocycles. The fourth-order valence-corrected chi connectivity index (χ4v) is 4.90. The van der Waals surface area contributed by atoms with Gasteiger partial charge in [0, 0.05) is 24.2 Å². The van der Waals surface area contributed by atoms with Gasteiger partial charge in [0.15, 0.2) is 0 Å². The summed E-state index contributed by atoms with van der Waals surface area (Å²) < 4.78 is 11.4. The Hall–Kier alpha value is -3.94. The van der Waals surface area contributed by atoms with Gasteiger partial charge >= 0.3 is 0 Å². The van der Waals surface area contributed by atoms with Crippen LogP contribution in [0.1, 0.15) is 66.6 Å². The molecule has 0 saturated carbocycles. The van der Waals surface area contributed by atoms with E-state index in [1.807, 2.05) is 30.3 Å². The number of amides is 1. The maximum Gasteiger partial charge on any atom is 0.251 e. The smallest absolute Gasteiger partial charge is 0.251 e. The van der Waals surface area contributed by atoms with Gasteiger partial charge in [-0.25, -0.2) is 4.98 Å². The predicted molar refractivity (Wildman–Crippen MR) is 167 cm³/mol. The van der Waals surface area contributed by atoms with Crippen LogP contribution in [0.3, 0.4) is 0 Å². The number of aliphatic hydroxyl groups is 1. The summed E-state index contributed by atoms with van der Waals surface area (Å²) in [7, 11) is 0. The van der Waals surface area contributed by atoms with Gasteiger partial charge in [-0.3, -0.25) is 4.79 Å². The summed E-state index contributed by atoms with van der Waals surface area (Å²) in [4.78, 5) is 17.6. The second-order valence-electron chi connectivity index (χ2n) is 10.6. The van der Waals surface area contributed by atoms with Crippen molar-refractivity contribution in [2.75, 3.05) is 13.2 Å². The molecule has 4 rings (SSSR count). The molecule has 0 spiro atoms. The van der Waals surface area contributed by atoms with Crippen molar-refractivity contribution in [2.45, 2.75) is 71.1 Å². The van der Waals surface area contributed by atoms with Gasteiger partial charge in [0.1, 0.15) is 12.0 Å². The quantitative estimate of drug-likeness (QED) is 0.128. The summed E-state index contributed by atoms with van der Waals surface area (Å²) in [6, 6.07) is 22.9. The highest BCUT2D eigenvalue weighted by Gasteiger charge is 2.23. The Morgan fingerprint density at radius 3 is 2.57 bits per heavy atom. The summed E-state index contributed by atoms with van der Waals surface area (Å²) in [5, 5.41) is 17.8. The normalized spacial score (nSPS) is 12.5. The number of oxazole rings is 1. The Morgan fingerprint density at radius 1 is 0.952 bits per heavy atom. The maximum atomic E-state index is 13.4. The Labute approximate surface area is 249 Å². The van der Waals surface area contributed by atoms with Crippen molar-refractivity contribution in [2.24, 2.45) is 0 Å². The molecule has 0 aliphatic carbocycles. The minimum atomic E-state index is -0.822. The lowest BCUT2D eigenvalue weighted by atomic mass is 9.99. The highest BCUT2D eigenvalue weighted by Crippen LogP contribution is 2.20. The zero-order valence-electron chi connectivity index (χ0n) is 24.7. The van der Waals surface area contributed by atoms with Crippen LogP contribution in [0, 0.1) is 0 Å². The number of ether oxygens (including phenoxy) is 1. The SMILES string of the molecule is CCCCCCOc1cccc(C[C@H](NC(=O)c2cccc(-c3ncco3)c2)[C@@H](O)CNCc2cccc(CC)c2)c1. The zero-order chi connectivity index (χ0) is 29.6. The summed E-state index contributed by atoms with van der Waals surface area (Å²) in [6.07, 6.45) is 8.26. The average molecular weight is 570 g/mol. The van der Waals surface area contributed by atoms with E-state index in [0.717, 1.165) is 36.1 Å². The van der Waals surface area contributed by atoms with Gasteiger partial charge in [0.05, 0.1) is 24.9 Å². The molecule has 7 nitrogen and oxygen atoms in total. The minimum Gasteiger partial charge on any atom is -0.494 e. The van der Waals surface area contributed by atoms with Crippen LogP contribution < -0.4 is 15.4 Å². The first-order valence-corrected chi connectivity index (χ1v) is 15.0. The number of nitrogens with zero attached hydrogens (tertiary/aromatic N) is 1. The molecule has 0 radical (unpaired) electrons. The molecule has 0 aliphatic rings. The first-order valence-electron chi connectivity index (χ1n) is 15.0. The third kappa shape index (κ3) is 9.57. The van der Waals surface area contributed by atoms with E-state index in [9.17, 15) is 9.90 Å². The largest absolute Gasteiger partial charge is 0.494 e. The van der Waals surface area contributed by atoms with Crippen LogP contribution in [0.25, 0.3) is 11.5 Å². The van der Waals surface area contributed by atoms with Crippen molar-refractivity contribution in [3.05, 3.63) is 108 Å². The van der Waals surface area contributed by atoms with E-state index in [1.54, 1.807) is 24.4 Å². The number of rotatable bonds is 17. The van der Waals surface area contributed by atoms with E-state index in [4.69, 9.17) is 9.15 Å². The zero-order valence-corrected chi connectivity index (χ0v) is 24.7. The van der Waals surface area contributed by atoms with Crippen LogP contribution in [0.15, 0.2) is 89.7 Å². The number of aromatic nitrogens is 1. The molecule has 222 valence electrons. The molecular weight excluding hydrogens is 526 g/mol. The molecule has 3 aromatic carbocycles. The summed E-state index contributed by atoms with van der Waals surface area (Å²) in [5.41, 5.74) is 4.60. The maximum absolute atomic E-state index is 13.4. The van der Waals surface area contributed by atoms with Crippen molar-refractivity contribution in [3.8, 4) is 17.2 Å². The molecule has 0 aliphatic heterocycles. The molecule has 0 saturated heterocycles. The Bertz CT molecular complexity index is 1370. The van der Waals surface area contributed by atoms with Crippen LogP contribution in [0.4, 0.5) is 0 Å². The fraction of sp³-hybridized carbons (Fsp3) is 0.371. The summed E-state index contributed by atoms with van der Waals surface area (Å²) in [6.45, 7) is 5.96. The van der Waals surface area contributed by atoms with Crippen molar-refractivity contribution in [3.63, 3.8) is 0 Å². The molecule has 42 heavy (non-hydrogen) atoms. The predicted octanol–water partition coefficient (Wildman–Crippen LogP) is 6.35. The molecule has 0 fully saturated rings. The standard InChI is InChI=1S/C35H43N3O4/c1-3-5-6-7-18-41-31-16-9-12-27(21-31)22-32(33(39)25-36-24-28-13-8-11-26(4-2)20-28)38-34(40)29-14-10-15-30(23-29)35-37-17-19-42-35/h8-17,19-21,23,32-33,36,39H,3-7,18,22,24-25H2,1-2H3,(H,38,40)/t32-,33-/m0/s1. The van der Waals surface area contributed by atoms with E-state index >= 15 is 0 Å². The number of carbonyl (C=O) groups excluding carboxylic acids is 1. The van der Waals surface area contributed by atoms with Gasteiger partial charge in [-0.2, -0.15) is 0 Å². The highest BCUT2D eigenvalue weighted by molar-refractivity contribution is 5.95. The number of hydrogen-bond acceptors (Lipinski definition) is 6. The molecule has 1 amide bonds. The van der Waals surface area contributed by atoms with Crippen LogP contribution in [0.5, 0.6) is 5.75 Å². The van der Waals surface area contributed by atoms with Crippen molar-refractivity contribution < 1.29 is 19.1 Å². The third-order valence-corrected chi connectivity index (χ3v) is 7.29. The molecular formula is C35H43N3O4. The molecule has 0 unspecified atom stereocenters. The van der Waals surface area contributed by atoms with Crippen molar-refractivity contribution >= 4 is 5.91 Å². The van der Waals surface area contributed by atoms with Gasteiger partial charge < -0.3 is 24.9 Å². The topological polar surface area (TPSA) is 96.6 Å². The number of nitrogens with one attached hydrogen (secondary N) is 2.